The van der Waals surface area contributed by atoms with Crippen LogP contribution in [0.3, 0.4) is 0 Å². The smallest absolute Gasteiger partial charge is 0.269 e. The predicted octanol–water partition coefficient (Wildman–Crippen LogP) is 1.92. The predicted molar refractivity (Wildman–Crippen MR) is 95.7 cm³/mol. The Labute approximate surface area is 149 Å². The van der Waals surface area contributed by atoms with Gasteiger partial charge in [-0.05, 0) is 57.7 Å². The monoisotopic (exact) mass is 346 g/mol. The molecule has 6 heteroatoms. The van der Waals surface area contributed by atoms with Crippen LogP contribution in [0.5, 0.6) is 0 Å². The van der Waals surface area contributed by atoms with Crippen molar-refractivity contribution in [3.8, 4) is 0 Å². The number of ether oxygens (including phenoxy) is 1. The molecule has 2 aliphatic heterocycles. The fourth-order valence-corrected chi connectivity index (χ4v) is 4.25. The van der Waals surface area contributed by atoms with Crippen molar-refractivity contribution < 1.29 is 9.53 Å². The zero-order valence-electron chi connectivity index (χ0n) is 15.3. The first kappa shape index (κ1) is 17.0. The van der Waals surface area contributed by atoms with Gasteiger partial charge in [-0.3, -0.25) is 9.48 Å². The molecule has 0 bridgehead atoms. The normalized spacial score (nSPS) is 23.7. The molecule has 0 unspecified atom stereocenters. The van der Waals surface area contributed by atoms with E-state index in [1.54, 1.807) is 4.68 Å². The highest BCUT2D eigenvalue weighted by molar-refractivity contribution is 5.92. The summed E-state index contributed by atoms with van der Waals surface area (Å²) in [6, 6.07) is 1.98. The molecule has 6 nitrogen and oxygen atoms in total. The average Bonchev–Trinajstić information content (AvgIpc) is 3.21. The Morgan fingerprint density at radius 3 is 2.72 bits per heavy atom. The summed E-state index contributed by atoms with van der Waals surface area (Å²) < 4.78 is 7.33. The zero-order valence-corrected chi connectivity index (χ0v) is 15.3. The van der Waals surface area contributed by atoms with Crippen molar-refractivity contribution in [2.45, 2.75) is 44.4 Å². The fraction of sp³-hybridized carbons (Fsp3) is 0.789. The van der Waals surface area contributed by atoms with E-state index < -0.39 is 0 Å². The van der Waals surface area contributed by atoms with Crippen LogP contribution in [0.1, 0.15) is 60.6 Å². The van der Waals surface area contributed by atoms with Crippen LogP contribution >= 0.6 is 0 Å². The summed E-state index contributed by atoms with van der Waals surface area (Å²) in [6.07, 6.45) is 7.08. The molecule has 4 rings (SSSR count). The van der Waals surface area contributed by atoms with E-state index in [2.05, 4.69) is 15.3 Å². The van der Waals surface area contributed by atoms with Gasteiger partial charge in [0, 0.05) is 44.7 Å². The van der Waals surface area contributed by atoms with Gasteiger partial charge in [-0.15, -0.1) is 0 Å². The van der Waals surface area contributed by atoms with E-state index in [1.165, 1.54) is 38.8 Å². The molecule has 25 heavy (non-hydrogen) atoms. The van der Waals surface area contributed by atoms with Gasteiger partial charge in [0.2, 0.25) is 0 Å². The molecule has 1 amide bonds. The van der Waals surface area contributed by atoms with Crippen molar-refractivity contribution in [3.05, 3.63) is 17.5 Å². The number of amides is 1. The second-order valence-electron chi connectivity index (χ2n) is 8.13. The summed E-state index contributed by atoms with van der Waals surface area (Å²) >= 11 is 0. The van der Waals surface area contributed by atoms with Gasteiger partial charge in [0.15, 0.2) is 0 Å². The Morgan fingerprint density at radius 2 is 2.04 bits per heavy atom. The van der Waals surface area contributed by atoms with Gasteiger partial charge in [0.1, 0.15) is 5.69 Å². The van der Waals surface area contributed by atoms with Gasteiger partial charge in [-0.25, -0.2) is 0 Å². The number of carbonyl (C=O) groups excluding carboxylic acids is 1. The highest BCUT2D eigenvalue weighted by atomic mass is 16.5. The number of nitrogens with zero attached hydrogens (tertiary/aromatic N) is 3. The molecule has 0 atom stereocenters. The van der Waals surface area contributed by atoms with Crippen LogP contribution < -0.4 is 5.32 Å². The molecular formula is C19H30N4O2. The van der Waals surface area contributed by atoms with Crippen molar-refractivity contribution >= 4 is 5.91 Å². The van der Waals surface area contributed by atoms with Crippen LogP contribution in [0.25, 0.3) is 0 Å². The van der Waals surface area contributed by atoms with Gasteiger partial charge < -0.3 is 15.0 Å². The number of carbonyl (C=O) groups is 1. The quantitative estimate of drug-likeness (QED) is 0.855. The molecule has 1 aromatic heterocycles. The third-order valence-electron chi connectivity index (χ3n) is 6.06. The lowest BCUT2D eigenvalue weighted by molar-refractivity contribution is -0.000675. The summed E-state index contributed by atoms with van der Waals surface area (Å²) in [5, 5.41) is 7.73. The standard InChI is InChI=1S/C19H30N4O2/c1-22-17(12-16(21-22)15-4-5-15)18(24)20-13-19(6-10-25-11-7-19)14-23-8-2-3-9-23/h12,15H,2-11,13-14H2,1H3,(H,20,24). The van der Waals surface area contributed by atoms with Gasteiger partial charge in [0.25, 0.3) is 5.91 Å². The maximum absolute atomic E-state index is 12.7. The maximum atomic E-state index is 12.7. The molecule has 0 aromatic carbocycles. The first-order valence-electron chi connectivity index (χ1n) is 9.77. The number of aromatic nitrogens is 2. The largest absolute Gasteiger partial charge is 0.381 e. The van der Waals surface area contributed by atoms with E-state index in [4.69, 9.17) is 4.74 Å². The van der Waals surface area contributed by atoms with E-state index in [9.17, 15) is 4.79 Å². The summed E-state index contributed by atoms with van der Waals surface area (Å²) in [6.45, 7) is 5.82. The van der Waals surface area contributed by atoms with Crippen molar-refractivity contribution in [2.75, 3.05) is 39.4 Å². The Hall–Kier alpha value is -1.40. The van der Waals surface area contributed by atoms with Gasteiger partial charge >= 0.3 is 0 Å². The zero-order chi connectivity index (χ0) is 17.3. The molecule has 0 spiro atoms. The minimum absolute atomic E-state index is 0.00851. The second kappa shape index (κ2) is 7.08. The third kappa shape index (κ3) is 3.90. The minimum Gasteiger partial charge on any atom is -0.381 e. The lowest BCUT2D eigenvalue weighted by atomic mass is 9.79. The maximum Gasteiger partial charge on any atom is 0.269 e. The lowest BCUT2D eigenvalue weighted by Gasteiger charge is -2.40. The number of likely N-dealkylation sites (tertiary alicyclic amines) is 1. The number of nitrogens with one attached hydrogen (secondary N) is 1. The topological polar surface area (TPSA) is 59.4 Å². The summed E-state index contributed by atoms with van der Waals surface area (Å²) in [5.41, 5.74) is 1.91. The van der Waals surface area contributed by atoms with E-state index >= 15 is 0 Å². The summed E-state index contributed by atoms with van der Waals surface area (Å²) in [7, 11) is 1.87. The molecule has 1 aromatic rings. The van der Waals surface area contributed by atoms with Crippen LogP contribution in [0.15, 0.2) is 6.07 Å². The molecule has 3 aliphatic rings. The highest BCUT2D eigenvalue weighted by Crippen LogP contribution is 2.39. The SMILES string of the molecule is Cn1nc(C2CC2)cc1C(=O)NCC1(CN2CCCC2)CCOCC1. The highest BCUT2D eigenvalue weighted by Gasteiger charge is 2.36. The Bertz CT molecular complexity index is 611. The van der Waals surface area contributed by atoms with E-state index in [1.807, 2.05) is 13.1 Å². The van der Waals surface area contributed by atoms with Gasteiger partial charge in [-0.1, -0.05) is 0 Å². The van der Waals surface area contributed by atoms with Crippen LogP contribution in [0.2, 0.25) is 0 Å². The molecular weight excluding hydrogens is 316 g/mol. The molecule has 3 fully saturated rings. The molecule has 138 valence electrons. The number of hydrogen-bond acceptors (Lipinski definition) is 4. The third-order valence-corrected chi connectivity index (χ3v) is 6.06. The fourth-order valence-electron chi connectivity index (χ4n) is 4.25. The van der Waals surface area contributed by atoms with Crippen molar-refractivity contribution in [1.29, 1.82) is 0 Å². The second-order valence-corrected chi connectivity index (χ2v) is 8.13. The molecule has 3 heterocycles. The number of aryl methyl sites for hydroxylation is 1. The Balaban J connectivity index is 1.40. The van der Waals surface area contributed by atoms with Crippen LogP contribution in [0.4, 0.5) is 0 Å². The molecule has 2 saturated heterocycles. The molecule has 1 N–H and O–H groups in total. The van der Waals surface area contributed by atoms with Crippen LogP contribution in [-0.2, 0) is 11.8 Å². The lowest BCUT2D eigenvalue weighted by Crippen LogP contribution is -2.48. The van der Waals surface area contributed by atoms with E-state index in [0.717, 1.165) is 44.8 Å². The van der Waals surface area contributed by atoms with Gasteiger partial charge in [0.05, 0.1) is 5.69 Å². The Kier molecular flexibility index (Phi) is 4.82. The molecule has 1 saturated carbocycles. The van der Waals surface area contributed by atoms with Crippen molar-refractivity contribution in [1.82, 2.24) is 20.0 Å². The Morgan fingerprint density at radius 1 is 1.32 bits per heavy atom. The number of rotatable bonds is 6. The number of hydrogen-bond donors (Lipinski definition) is 1. The molecule has 0 radical (unpaired) electrons. The first-order chi connectivity index (χ1) is 12.2. The minimum atomic E-state index is 0.00851. The molecule has 1 aliphatic carbocycles. The van der Waals surface area contributed by atoms with E-state index in [-0.39, 0.29) is 11.3 Å². The average molecular weight is 346 g/mol. The van der Waals surface area contributed by atoms with E-state index in [0.29, 0.717) is 11.6 Å². The van der Waals surface area contributed by atoms with Crippen LogP contribution in [0, 0.1) is 5.41 Å². The summed E-state index contributed by atoms with van der Waals surface area (Å²) in [5.74, 6) is 0.582. The summed E-state index contributed by atoms with van der Waals surface area (Å²) in [4.78, 5) is 15.3. The van der Waals surface area contributed by atoms with Crippen molar-refractivity contribution in [2.24, 2.45) is 12.5 Å². The van der Waals surface area contributed by atoms with Gasteiger partial charge in [-0.2, -0.15) is 5.10 Å². The van der Waals surface area contributed by atoms with Crippen molar-refractivity contribution in [3.63, 3.8) is 0 Å². The first-order valence-corrected chi connectivity index (χ1v) is 9.77. The van der Waals surface area contributed by atoms with Crippen LogP contribution in [-0.4, -0.2) is 60.0 Å².